The van der Waals surface area contributed by atoms with Crippen molar-refractivity contribution in [3.05, 3.63) is 41.5 Å². The molecule has 0 radical (unpaired) electrons. The average Bonchev–Trinajstić information content (AvgIpc) is 2.45. The van der Waals surface area contributed by atoms with E-state index >= 15 is 0 Å². The summed E-state index contributed by atoms with van der Waals surface area (Å²) in [6.07, 6.45) is 12.5. The minimum Gasteiger partial charge on any atom is -0.260 e. The van der Waals surface area contributed by atoms with Gasteiger partial charge in [0.05, 0.1) is 5.69 Å². The van der Waals surface area contributed by atoms with Crippen molar-refractivity contribution >= 4 is 11.9 Å². The zero-order valence-corrected chi connectivity index (χ0v) is 11.5. The Morgan fingerprint density at radius 1 is 1.17 bits per heavy atom. The minimum atomic E-state index is 0.629. The van der Waals surface area contributed by atoms with Crippen LogP contribution in [0, 0.1) is 5.92 Å². The molecule has 1 aromatic rings. The second kappa shape index (κ2) is 6.53. The number of benzene rings is 1. The zero-order chi connectivity index (χ0) is 12.8. The first-order valence-electron chi connectivity index (χ1n) is 7.15. The van der Waals surface area contributed by atoms with E-state index in [1.54, 1.807) is 0 Å². The Hall–Kier alpha value is -1.37. The van der Waals surface area contributed by atoms with Crippen LogP contribution in [-0.2, 0) is 12.8 Å². The zero-order valence-electron chi connectivity index (χ0n) is 11.5. The molecule has 0 heterocycles. The number of aryl methyl sites for hydroxylation is 2. The van der Waals surface area contributed by atoms with Gasteiger partial charge in [0.1, 0.15) is 0 Å². The first-order chi connectivity index (χ1) is 8.85. The second-order valence-electron chi connectivity index (χ2n) is 4.95. The van der Waals surface area contributed by atoms with Crippen molar-refractivity contribution in [2.24, 2.45) is 10.9 Å². The molecule has 0 bridgehead atoms. The fourth-order valence-corrected chi connectivity index (χ4v) is 2.51. The van der Waals surface area contributed by atoms with Gasteiger partial charge in [-0.25, -0.2) is 0 Å². The third-order valence-corrected chi connectivity index (χ3v) is 3.69. The lowest BCUT2D eigenvalue weighted by Crippen LogP contribution is -2.03. The van der Waals surface area contributed by atoms with Crippen molar-refractivity contribution in [3.63, 3.8) is 0 Å². The summed E-state index contributed by atoms with van der Waals surface area (Å²) in [7, 11) is 0. The summed E-state index contributed by atoms with van der Waals surface area (Å²) in [5.41, 5.74) is 3.96. The molecule has 0 aromatic heterocycles. The van der Waals surface area contributed by atoms with Crippen LogP contribution in [0.3, 0.4) is 0 Å². The second-order valence-corrected chi connectivity index (χ2v) is 4.95. The first kappa shape index (κ1) is 13.1. The van der Waals surface area contributed by atoms with Gasteiger partial charge in [-0.1, -0.05) is 44.2 Å². The lowest BCUT2D eigenvalue weighted by Gasteiger charge is -2.13. The van der Waals surface area contributed by atoms with Gasteiger partial charge in [0, 0.05) is 6.21 Å². The van der Waals surface area contributed by atoms with E-state index in [1.807, 2.05) is 0 Å². The molecule has 1 nitrogen and oxygen atoms in total. The van der Waals surface area contributed by atoms with Crippen molar-refractivity contribution in [2.45, 2.75) is 46.0 Å². The van der Waals surface area contributed by atoms with Crippen LogP contribution >= 0.6 is 0 Å². The lowest BCUT2D eigenvalue weighted by atomic mass is 9.95. The van der Waals surface area contributed by atoms with Crippen molar-refractivity contribution in [3.8, 4) is 0 Å². The van der Waals surface area contributed by atoms with Gasteiger partial charge in [0.25, 0.3) is 0 Å². The van der Waals surface area contributed by atoms with Crippen LogP contribution in [0.4, 0.5) is 5.69 Å². The Morgan fingerprint density at radius 3 is 2.44 bits per heavy atom. The van der Waals surface area contributed by atoms with E-state index in [1.165, 1.54) is 29.7 Å². The molecule has 18 heavy (non-hydrogen) atoms. The van der Waals surface area contributed by atoms with Crippen LogP contribution < -0.4 is 0 Å². The quantitative estimate of drug-likeness (QED) is 0.527. The Bertz CT molecular complexity index is 421. The molecule has 0 aliphatic heterocycles. The predicted octanol–water partition coefficient (Wildman–Crippen LogP) is 4.87. The van der Waals surface area contributed by atoms with Crippen LogP contribution in [0.1, 0.15) is 44.2 Å². The predicted molar refractivity (Wildman–Crippen MR) is 79.8 cm³/mol. The molecule has 2 rings (SSSR count). The molecule has 0 saturated heterocycles. The van der Waals surface area contributed by atoms with Gasteiger partial charge >= 0.3 is 0 Å². The molecule has 96 valence electrons. The maximum absolute atomic E-state index is 4.81. The van der Waals surface area contributed by atoms with Crippen molar-refractivity contribution in [1.82, 2.24) is 0 Å². The standard InChI is InChI=1S/C17H23N/c1-3-15-11-8-12-16(4-2)17(15)18-13-14-9-6-5-7-10-14/h5-6,8,11-14H,3-4,7,9-10H2,1-2H3. The van der Waals surface area contributed by atoms with Crippen molar-refractivity contribution < 1.29 is 0 Å². The number of para-hydroxylation sites is 1. The van der Waals surface area contributed by atoms with Crippen LogP contribution in [0.25, 0.3) is 0 Å². The molecule has 0 saturated carbocycles. The molecular weight excluding hydrogens is 218 g/mol. The van der Waals surface area contributed by atoms with Crippen molar-refractivity contribution in [1.29, 1.82) is 0 Å². The highest BCUT2D eigenvalue weighted by Crippen LogP contribution is 2.26. The fourth-order valence-electron chi connectivity index (χ4n) is 2.51. The van der Waals surface area contributed by atoms with E-state index in [0.29, 0.717) is 5.92 Å². The van der Waals surface area contributed by atoms with Gasteiger partial charge in [-0.05, 0) is 49.1 Å². The van der Waals surface area contributed by atoms with Gasteiger partial charge in [-0.15, -0.1) is 0 Å². The van der Waals surface area contributed by atoms with E-state index in [2.05, 4.69) is 50.4 Å². The molecule has 1 aliphatic carbocycles. The summed E-state index contributed by atoms with van der Waals surface area (Å²) in [6, 6.07) is 6.55. The summed E-state index contributed by atoms with van der Waals surface area (Å²) in [4.78, 5) is 4.81. The minimum absolute atomic E-state index is 0.629. The summed E-state index contributed by atoms with van der Waals surface area (Å²) in [5.74, 6) is 0.629. The summed E-state index contributed by atoms with van der Waals surface area (Å²) in [6.45, 7) is 4.41. The van der Waals surface area contributed by atoms with E-state index in [-0.39, 0.29) is 0 Å². The molecule has 1 aliphatic rings. The number of allylic oxidation sites excluding steroid dienone is 2. The Labute approximate surface area is 111 Å². The molecule has 0 N–H and O–H groups in total. The van der Waals surface area contributed by atoms with E-state index in [0.717, 1.165) is 19.3 Å². The maximum Gasteiger partial charge on any atom is 0.0689 e. The molecular formula is C17H23N. The normalized spacial score (nSPS) is 19.6. The number of rotatable bonds is 4. The molecule has 1 atom stereocenters. The SMILES string of the molecule is CCc1cccc(CC)c1N=CC1CC=CCC1. The highest BCUT2D eigenvalue weighted by molar-refractivity contribution is 5.69. The van der Waals surface area contributed by atoms with Gasteiger partial charge in [-0.2, -0.15) is 0 Å². The summed E-state index contributed by atoms with van der Waals surface area (Å²) < 4.78 is 0. The molecule has 0 amide bonds. The van der Waals surface area contributed by atoms with Crippen molar-refractivity contribution in [2.75, 3.05) is 0 Å². The summed E-state index contributed by atoms with van der Waals surface area (Å²) >= 11 is 0. The molecule has 0 spiro atoms. The smallest absolute Gasteiger partial charge is 0.0689 e. The van der Waals surface area contributed by atoms with E-state index in [9.17, 15) is 0 Å². The van der Waals surface area contributed by atoms with E-state index in [4.69, 9.17) is 4.99 Å². The third kappa shape index (κ3) is 3.10. The Balaban J connectivity index is 2.21. The maximum atomic E-state index is 4.81. The lowest BCUT2D eigenvalue weighted by molar-refractivity contribution is 0.627. The largest absolute Gasteiger partial charge is 0.260 e. The molecule has 0 fully saturated rings. The number of hydrogen-bond donors (Lipinski definition) is 0. The monoisotopic (exact) mass is 241 g/mol. The Morgan fingerprint density at radius 2 is 1.89 bits per heavy atom. The van der Waals surface area contributed by atoms with Gasteiger partial charge in [-0.3, -0.25) is 4.99 Å². The molecule has 1 heteroatoms. The topological polar surface area (TPSA) is 12.4 Å². The van der Waals surface area contributed by atoms with Crippen LogP contribution in [0.15, 0.2) is 35.3 Å². The number of hydrogen-bond acceptors (Lipinski definition) is 1. The van der Waals surface area contributed by atoms with Gasteiger partial charge in [0.15, 0.2) is 0 Å². The molecule has 1 aromatic carbocycles. The van der Waals surface area contributed by atoms with Gasteiger partial charge < -0.3 is 0 Å². The fraction of sp³-hybridized carbons (Fsp3) is 0.471. The highest BCUT2D eigenvalue weighted by atomic mass is 14.7. The molecule has 1 unspecified atom stereocenters. The first-order valence-corrected chi connectivity index (χ1v) is 7.15. The van der Waals surface area contributed by atoms with E-state index < -0.39 is 0 Å². The van der Waals surface area contributed by atoms with Crippen LogP contribution in [0.2, 0.25) is 0 Å². The summed E-state index contributed by atoms with van der Waals surface area (Å²) in [5, 5.41) is 0. The van der Waals surface area contributed by atoms with Crippen LogP contribution in [0.5, 0.6) is 0 Å². The number of aliphatic imine (C=N–C) groups is 1. The Kier molecular flexibility index (Phi) is 4.74. The van der Waals surface area contributed by atoms with Crippen LogP contribution in [-0.4, -0.2) is 6.21 Å². The highest BCUT2D eigenvalue weighted by Gasteiger charge is 2.08. The number of nitrogens with zero attached hydrogens (tertiary/aromatic N) is 1. The average molecular weight is 241 g/mol. The third-order valence-electron chi connectivity index (χ3n) is 3.69. The van der Waals surface area contributed by atoms with Gasteiger partial charge in [0.2, 0.25) is 0 Å².